The highest BCUT2D eigenvalue weighted by molar-refractivity contribution is 7.80. The van der Waals surface area contributed by atoms with E-state index in [1.807, 2.05) is 29.2 Å². The molecule has 4 aromatic rings. The average molecular weight is 607 g/mol. The predicted octanol–water partition coefficient (Wildman–Crippen LogP) is 6.43. The van der Waals surface area contributed by atoms with E-state index < -0.39 is 0 Å². The summed E-state index contributed by atoms with van der Waals surface area (Å²) in [6.45, 7) is 4.82. The summed E-state index contributed by atoms with van der Waals surface area (Å²) < 4.78 is 2.52. The molecule has 7 nitrogen and oxygen atoms in total. The van der Waals surface area contributed by atoms with E-state index in [0.29, 0.717) is 23.7 Å². The third-order valence-electron chi connectivity index (χ3n) is 10.6. The molecule has 3 aliphatic rings. The average Bonchev–Trinajstić information content (AvgIpc) is 3.50. The monoisotopic (exact) mass is 606 g/mol. The zero-order valence-corrected chi connectivity index (χ0v) is 26.3. The summed E-state index contributed by atoms with van der Waals surface area (Å²) in [5, 5.41) is 3.15. The molecule has 0 spiro atoms. The van der Waals surface area contributed by atoms with Crippen molar-refractivity contribution in [3.63, 3.8) is 0 Å². The summed E-state index contributed by atoms with van der Waals surface area (Å²) in [7, 11) is 0. The molecule has 7 rings (SSSR count). The van der Waals surface area contributed by atoms with Crippen LogP contribution in [0.2, 0.25) is 0 Å². The Hall–Kier alpha value is -3.75. The fourth-order valence-electron chi connectivity index (χ4n) is 8.42. The minimum absolute atomic E-state index is 0.0794. The molecule has 228 valence electrons. The van der Waals surface area contributed by atoms with Gasteiger partial charge in [-0.15, -0.1) is 0 Å². The summed E-state index contributed by atoms with van der Waals surface area (Å²) >= 11 is 4.93. The van der Waals surface area contributed by atoms with Crippen LogP contribution in [0.15, 0.2) is 78.9 Å². The molecular formula is C36H42N6OS. The van der Waals surface area contributed by atoms with E-state index in [1.165, 1.54) is 36.8 Å². The van der Waals surface area contributed by atoms with Crippen molar-refractivity contribution in [1.82, 2.24) is 19.4 Å². The largest absolute Gasteiger partial charge is 0.376 e. The van der Waals surface area contributed by atoms with Gasteiger partial charge in [0.1, 0.15) is 5.82 Å². The van der Waals surface area contributed by atoms with Gasteiger partial charge in [-0.3, -0.25) is 9.69 Å². The van der Waals surface area contributed by atoms with E-state index >= 15 is 0 Å². The highest BCUT2D eigenvalue weighted by Crippen LogP contribution is 2.45. The minimum atomic E-state index is 0.0794. The number of aromatic nitrogens is 2. The fraction of sp³-hybridized carbons (Fsp3) is 0.417. The molecule has 44 heavy (non-hydrogen) atoms. The van der Waals surface area contributed by atoms with Crippen molar-refractivity contribution in [3.8, 4) is 0 Å². The summed E-state index contributed by atoms with van der Waals surface area (Å²) in [5.74, 6) is 1.23. The van der Waals surface area contributed by atoms with Gasteiger partial charge in [-0.05, 0) is 118 Å². The van der Waals surface area contributed by atoms with E-state index in [0.717, 1.165) is 55.9 Å². The summed E-state index contributed by atoms with van der Waals surface area (Å²) in [4.78, 5) is 23.2. The number of nitrogens with two attached hydrogens (primary N) is 1. The highest BCUT2D eigenvalue weighted by atomic mass is 32.1. The molecule has 3 N–H and O–H groups in total. The van der Waals surface area contributed by atoms with Crippen LogP contribution in [0.1, 0.15) is 72.7 Å². The number of nitrogens with zero attached hydrogens (tertiary/aromatic N) is 4. The second kappa shape index (κ2) is 12.0. The summed E-state index contributed by atoms with van der Waals surface area (Å²) in [6, 6.07) is 28.9. The van der Waals surface area contributed by atoms with Crippen molar-refractivity contribution in [2.75, 3.05) is 25.0 Å². The lowest BCUT2D eigenvalue weighted by Crippen LogP contribution is -2.49. The fourth-order valence-corrected chi connectivity index (χ4v) is 8.54. The highest BCUT2D eigenvalue weighted by Gasteiger charge is 2.44. The van der Waals surface area contributed by atoms with Gasteiger partial charge < -0.3 is 20.5 Å². The van der Waals surface area contributed by atoms with Crippen LogP contribution < -0.4 is 11.1 Å². The quantitative estimate of drug-likeness (QED) is 0.236. The number of carbonyl (C=O) groups is 1. The minimum Gasteiger partial charge on any atom is -0.376 e. The molecule has 4 heterocycles. The van der Waals surface area contributed by atoms with E-state index in [9.17, 15) is 4.79 Å². The Morgan fingerprint density at radius 3 is 2.27 bits per heavy atom. The standard InChI is InChI=1S/C36H42N6OS/c1-25-38-32-9-5-6-10-33(32)42(25)31-23-29-15-16-30(24-31)41(29)22-19-36(27-7-3-2-4-8-27)17-20-40(21-18-36)34(43)26-11-13-28(14-12-26)39-35(37)44/h2-14,29-31H,15-24H2,1H3,(H3,37,39,44)/t29-,30+,31?. The Balaban J connectivity index is 1.04. The molecule has 8 heteroatoms. The first-order valence-corrected chi connectivity index (χ1v) is 16.5. The number of thiocarbonyl (C=S) groups is 1. The maximum absolute atomic E-state index is 13.5. The van der Waals surface area contributed by atoms with Crippen molar-refractivity contribution in [2.45, 2.75) is 75.4 Å². The molecule has 0 saturated carbocycles. The zero-order valence-electron chi connectivity index (χ0n) is 25.5. The number of anilines is 1. The number of hydrogen-bond donors (Lipinski definition) is 2. The van der Waals surface area contributed by atoms with Crippen molar-refractivity contribution < 1.29 is 4.79 Å². The molecule has 3 aliphatic heterocycles. The number of rotatable bonds is 7. The maximum Gasteiger partial charge on any atom is 0.253 e. The first-order chi connectivity index (χ1) is 21.4. The molecule has 3 atom stereocenters. The Morgan fingerprint density at radius 1 is 0.932 bits per heavy atom. The second-order valence-corrected chi connectivity index (χ2v) is 13.5. The number of carbonyl (C=O) groups excluding carboxylic acids is 1. The smallest absolute Gasteiger partial charge is 0.253 e. The predicted molar refractivity (Wildman–Crippen MR) is 181 cm³/mol. The molecule has 3 saturated heterocycles. The van der Waals surface area contributed by atoms with Crippen LogP contribution in [0, 0.1) is 6.92 Å². The Bertz CT molecular complexity index is 1630. The number of piperidine rings is 2. The van der Waals surface area contributed by atoms with Gasteiger partial charge in [0.25, 0.3) is 5.91 Å². The molecule has 1 aromatic heterocycles. The topological polar surface area (TPSA) is 79.4 Å². The number of imidazole rings is 1. The van der Waals surface area contributed by atoms with Gasteiger partial charge in [-0.25, -0.2) is 4.98 Å². The second-order valence-electron chi connectivity index (χ2n) is 13.0. The number of para-hydroxylation sites is 2. The molecule has 3 fully saturated rings. The van der Waals surface area contributed by atoms with E-state index in [-0.39, 0.29) is 16.4 Å². The number of amides is 1. The molecule has 1 unspecified atom stereocenters. The van der Waals surface area contributed by atoms with E-state index in [4.69, 9.17) is 22.9 Å². The lowest BCUT2D eigenvalue weighted by molar-refractivity contribution is 0.0607. The molecule has 0 aliphatic carbocycles. The third kappa shape index (κ3) is 5.50. The van der Waals surface area contributed by atoms with Crippen LogP contribution in [-0.2, 0) is 5.41 Å². The molecule has 2 bridgehead atoms. The lowest BCUT2D eigenvalue weighted by atomic mass is 9.70. The van der Waals surface area contributed by atoms with Crippen molar-refractivity contribution in [3.05, 3.63) is 95.8 Å². The van der Waals surface area contributed by atoms with E-state index in [2.05, 4.69) is 76.3 Å². The van der Waals surface area contributed by atoms with Gasteiger partial charge in [0.15, 0.2) is 5.11 Å². The van der Waals surface area contributed by atoms with Gasteiger partial charge in [-0.1, -0.05) is 42.5 Å². The molecular weight excluding hydrogens is 565 g/mol. The number of aryl methyl sites for hydroxylation is 1. The van der Waals surface area contributed by atoms with Crippen LogP contribution in [0.5, 0.6) is 0 Å². The Kier molecular flexibility index (Phi) is 7.89. The SMILES string of the molecule is Cc1nc2ccccc2n1C1C[C@H]2CC[C@@H](C1)N2CCC1(c2ccccc2)CCN(C(=O)c2ccc(NC(N)=S)cc2)CC1. The van der Waals surface area contributed by atoms with Crippen LogP contribution in [0.25, 0.3) is 11.0 Å². The van der Waals surface area contributed by atoms with Crippen molar-refractivity contribution in [1.29, 1.82) is 0 Å². The van der Waals surface area contributed by atoms with Crippen LogP contribution in [-0.4, -0.2) is 62.1 Å². The van der Waals surface area contributed by atoms with Gasteiger partial charge in [0.2, 0.25) is 0 Å². The number of nitrogens with one attached hydrogen (secondary N) is 1. The van der Waals surface area contributed by atoms with Gasteiger partial charge in [0, 0.05) is 42.5 Å². The van der Waals surface area contributed by atoms with Gasteiger partial charge >= 0.3 is 0 Å². The number of hydrogen-bond acceptors (Lipinski definition) is 4. The first-order valence-electron chi connectivity index (χ1n) is 16.1. The Morgan fingerprint density at radius 2 is 1.59 bits per heavy atom. The summed E-state index contributed by atoms with van der Waals surface area (Å²) in [6.07, 6.45) is 8.07. The normalized spacial score (nSPS) is 23.1. The van der Waals surface area contributed by atoms with E-state index in [1.54, 1.807) is 0 Å². The van der Waals surface area contributed by atoms with Crippen LogP contribution in [0.4, 0.5) is 5.69 Å². The molecule has 1 amide bonds. The summed E-state index contributed by atoms with van der Waals surface area (Å²) in [5.41, 5.74) is 11.0. The van der Waals surface area contributed by atoms with Crippen molar-refractivity contribution in [2.24, 2.45) is 5.73 Å². The zero-order chi connectivity index (χ0) is 30.3. The third-order valence-corrected chi connectivity index (χ3v) is 10.7. The number of fused-ring (bicyclic) bond motifs is 3. The van der Waals surface area contributed by atoms with Gasteiger partial charge in [-0.2, -0.15) is 0 Å². The molecule has 3 aromatic carbocycles. The number of likely N-dealkylation sites (tertiary alicyclic amines) is 1. The number of benzene rings is 3. The lowest BCUT2D eigenvalue weighted by Gasteiger charge is -2.45. The maximum atomic E-state index is 13.5. The van der Waals surface area contributed by atoms with Crippen LogP contribution in [0.3, 0.4) is 0 Å². The van der Waals surface area contributed by atoms with Gasteiger partial charge in [0.05, 0.1) is 11.0 Å². The first kappa shape index (κ1) is 29.0. The van der Waals surface area contributed by atoms with Crippen molar-refractivity contribution >= 4 is 40.0 Å². The Labute approximate surface area is 265 Å². The molecule has 0 radical (unpaired) electrons. The van der Waals surface area contributed by atoms with Crippen LogP contribution >= 0.6 is 12.2 Å².